The van der Waals surface area contributed by atoms with Crippen molar-refractivity contribution in [3.05, 3.63) is 0 Å². The molecule has 2 atom stereocenters. The molecule has 0 aliphatic heterocycles. The van der Waals surface area contributed by atoms with Gasteiger partial charge in [0, 0.05) is 12.6 Å². The third-order valence-corrected chi connectivity index (χ3v) is 3.20. The number of carbonyl (C=O) groups is 2. The van der Waals surface area contributed by atoms with Gasteiger partial charge in [-0.15, -0.1) is 11.6 Å². The predicted octanol–water partition coefficient (Wildman–Crippen LogP) is 2.03. The van der Waals surface area contributed by atoms with Gasteiger partial charge in [0.25, 0.3) is 0 Å². The first kappa shape index (κ1) is 16.1. The normalized spacial score (nSPS) is 22.9. The molecule has 0 aromatic carbocycles. The number of carbonyl (C=O) groups excluding carboxylic acids is 2. The van der Waals surface area contributed by atoms with E-state index in [0.717, 1.165) is 19.3 Å². The van der Waals surface area contributed by atoms with Crippen LogP contribution in [0.5, 0.6) is 0 Å². The predicted molar refractivity (Wildman–Crippen MR) is 74.2 cm³/mol. The first-order valence-electron chi connectivity index (χ1n) is 6.62. The zero-order valence-electron chi connectivity index (χ0n) is 11.8. The lowest BCUT2D eigenvalue weighted by atomic mass is 10.1. The highest BCUT2D eigenvalue weighted by Gasteiger charge is 2.26. The van der Waals surface area contributed by atoms with Crippen molar-refractivity contribution in [2.45, 2.75) is 51.7 Å². The fourth-order valence-corrected chi connectivity index (χ4v) is 2.28. The molecular weight excluding hydrogens is 268 g/mol. The van der Waals surface area contributed by atoms with Crippen molar-refractivity contribution < 1.29 is 14.3 Å². The maximum absolute atomic E-state index is 11.5. The van der Waals surface area contributed by atoms with Crippen molar-refractivity contribution in [3.63, 3.8) is 0 Å². The summed E-state index contributed by atoms with van der Waals surface area (Å²) in [6.45, 7) is 6.09. The summed E-state index contributed by atoms with van der Waals surface area (Å²) in [6.07, 6.45) is 2.41. The number of ether oxygens (including phenoxy) is 1. The Bertz CT molecular complexity index is 328. The monoisotopic (exact) mass is 290 g/mol. The smallest absolute Gasteiger partial charge is 0.407 e. The average molecular weight is 291 g/mol. The quantitative estimate of drug-likeness (QED) is 0.779. The van der Waals surface area contributed by atoms with Gasteiger partial charge in [-0.25, -0.2) is 4.79 Å². The first-order chi connectivity index (χ1) is 8.80. The minimum atomic E-state index is -0.476. The fourth-order valence-electron chi connectivity index (χ4n) is 2.20. The van der Waals surface area contributed by atoms with Gasteiger partial charge in [0.15, 0.2) is 0 Å². The van der Waals surface area contributed by atoms with Crippen molar-refractivity contribution in [3.8, 4) is 0 Å². The van der Waals surface area contributed by atoms with Crippen LogP contribution in [0.3, 0.4) is 0 Å². The molecule has 0 aromatic rings. The molecule has 110 valence electrons. The molecule has 19 heavy (non-hydrogen) atoms. The summed E-state index contributed by atoms with van der Waals surface area (Å²) in [5.41, 5.74) is -0.476. The molecule has 1 rings (SSSR count). The largest absolute Gasteiger partial charge is 0.444 e. The Morgan fingerprint density at radius 2 is 2.00 bits per heavy atom. The third-order valence-electron chi connectivity index (χ3n) is 2.96. The summed E-state index contributed by atoms with van der Waals surface area (Å²) in [7, 11) is 0. The van der Waals surface area contributed by atoms with E-state index in [1.165, 1.54) is 0 Å². The van der Waals surface area contributed by atoms with Gasteiger partial charge in [0.2, 0.25) is 5.91 Å². The molecule has 1 saturated carbocycles. The van der Waals surface area contributed by atoms with Crippen LogP contribution in [0.25, 0.3) is 0 Å². The Morgan fingerprint density at radius 3 is 2.58 bits per heavy atom. The van der Waals surface area contributed by atoms with Gasteiger partial charge in [-0.3, -0.25) is 4.79 Å². The Balaban J connectivity index is 2.22. The third kappa shape index (κ3) is 6.66. The summed E-state index contributed by atoms with van der Waals surface area (Å²) < 4.78 is 5.17. The zero-order valence-corrected chi connectivity index (χ0v) is 12.5. The van der Waals surface area contributed by atoms with E-state index in [-0.39, 0.29) is 23.9 Å². The summed E-state index contributed by atoms with van der Waals surface area (Å²) in [6, 6.07) is 0.177. The SMILES string of the molecule is CC(C)(C)OC(=O)NCC1CCC(NC(=O)CCl)C1. The number of nitrogens with one attached hydrogen (secondary N) is 2. The molecule has 0 radical (unpaired) electrons. The van der Waals surface area contributed by atoms with Crippen LogP contribution in [0.2, 0.25) is 0 Å². The summed E-state index contributed by atoms with van der Waals surface area (Å²) >= 11 is 5.45. The molecule has 5 nitrogen and oxygen atoms in total. The standard InChI is InChI=1S/C13H23ClN2O3/c1-13(2,3)19-12(18)15-8-9-4-5-10(6-9)16-11(17)7-14/h9-10H,4-8H2,1-3H3,(H,15,18)(H,16,17). The van der Waals surface area contributed by atoms with Gasteiger partial charge in [-0.1, -0.05) is 0 Å². The van der Waals surface area contributed by atoms with Crippen LogP contribution in [-0.2, 0) is 9.53 Å². The van der Waals surface area contributed by atoms with Crippen LogP contribution >= 0.6 is 11.6 Å². The van der Waals surface area contributed by atoms with Gasteiger partial charge < -0.3 is 15.4 Å². The molecule has 0 bridgehead atoms. The van der Waals surface area contributed by atoms with E-state index in [0.29, 0.717) is 12.5 Å². The average Bonchev–Trinajstić information content (AvgIpc) is 2.71. The summed E-state index contributed by atoms with van der Waals surface area (Å²) in [5, 5.41) is 5.64. The highest BCUT2D eigenvalue weighted by Crippen LogP contribution is 2.25. The van der Waals surface area contributed by atoms with E-state index in [9.17, 15) is 9.59 Å². The Morgan fingerprint density at radius 1 is 1.32 bits per heavy atom. The van der Waals surface area contributed by atoms with Crippen molar-refractivity contribution in [2.24, 2.45) is 5.92 Å². The van der Waals surface area contributed by atoms with Crippen molar-refractivity contribution in [1.29, 1.82) is 0 Å². The van der Waals surface area contributed by atoms with E-state index < -0.39 is 5.60 Å². The Hall–Kier alpha value is -0.970. The van der Waals surface area contributed by atoms with Crippen molar-refractivity contribution in [1.82, 2.24) is 10.6 Å². The van der Waals surface area contributed by atoms with Gasteiger partial charge in [-0.05, 0) is 46.0 Å². The number of hydrogen-bond acceptors (Lipinski definition) is 3. The minimum Gasteiger partial charge on any atom is -0.444 e. The van der Waals surface area contributed by atoms with Crippen LogP contribution in [-0.4, -0.2) is 36.1 Å². The highest BCUT2D eigenvalue weighted by atomic mass is 35.5. The zero-order chi connectivity index (χ0) is 14.5. The lowest BCUT2D eigenvalue weighted by molar-refractivity contribution is -0.119. The minimum absolute atomic E-state index is 0.00265. The summed E-state index contributed by atoms with van der Waals surface area (Å²) in [5.74, 6) is 0.248. The molecule has 2 N–H and O–H groups in total. The Kier molecular flexibility index (Phi) is 5.91. The molecule has 2 amide bonds. The number of rotatable bonds is 4. The fraction of sp³-hybridized carbons (Fsp3) is 0.846. The molecule has 0 heterocycles. The van der Waals surface area contributed by atoms with Crippen molar-refractivity contribution in [2.75, 3.05) is 12.4 Å². The molecule has 0 aromatic heterocycles. The van der Waals surface area contributed by atoms with Gasteiger partial charge in [-0.2, -0.15) is 0 Å². The van der Waals surface area contributed by atoms with Crippen LogP contribution in [0.1, 0.15) is 40.0 Å². The number of hydrogen-bond donors (Lipinski definition) is 2. The number of alkyl carbamates (subject to hydrolysis) is 1. The second-order valence-electron chi connectivity index (χ2n) is 5.96. The lowest BCUT2D eigenvalue weighted by Crippen LogP contribution is -2.36. The van der Waals surface area contributed by atoms with E-state index >= 15 is 0 Å². The number of amides is 2. The highest BCUT2D eigenvalue weighted by molar-refractivity contribution is 6.27. The maximum Gasteiger partial charge on any atom is 0.407 e. The van der Waals surface area contributed by atoms with Crippen LogP contribution in [0.4, 0.5) is 4.79 Å². The number of halogens is 1. The Labute approximate surface area is 119 Å². The molecule has 0 saturated heterocycles. The first-order valence-corrected chi connectivity index (χ1v) is 7.16. The van der Waals surface area contributed by atoms with Crippen LogP contribution < -0.4 is 10.6 Å². The molecular formula is C13H23ClN2O3. The second-order valence-corrected chi connectivity index (χ2v) is 6.23. The molecule has 1 aliphatic carbocycles. The molecule has 1 aliphatic rings. The van der Waals surface area contributed by atoms with E-state index in [4.69, 9.17) is 16.3 Å². The van der Waals surface area contributed by atoms with Gasteiger partial charge >= 0.3 is 6.09 Å². The van der Waals surface area contributed by atoms with E-state index in [2.05, 4.69) is 10.6 Å². The molecule has 6 heteroatoms. The number of alkyl halides is 1. The topological polar surface area (TPSA) is 67.4 Å². The summed E-state index contributed by atoms with van der Waals surface area (Å²) in [4.78, 5) is 22.7. The van der Waals surface area contributed by atoms with Crippen LogP contribution in [0.15, 0.2) is 0 Å². The van der Waals surface area contributed by atoms with Gasteiger partial charge in [0.1, 0.15) is 11.5 Å². The molecule has 0 spiro atoms. The second kappa shape index (κ2) is 6.98. The van der Waals surface area contributed by atoms with Crippen LogP contribution in [0, 0.1) is 5.92 Å². The lowest BCUT2D eigenvalue weighted by Gasteiger charge is -2.20. The molecule has 2 unspecified atom stereocenters. The van der Waals surface area contributed by atoms with E-state index in [1.807, 2.05) is 20.8 Å². The van der Waals surface area contributed by atoms with Crippen molar-refractivity contribution >= 4 is 23.6 Å². The maximum atomic E-state index is 11.5. The molecule has 1 fully saturated rings. The van der Waals surface area contributed by atoms with E-state index in [1.54, 1.807) is 0 Å². The van der Waals surface area contributed by atoms with Gasteiger partial charge in [0.05, 0.1) is 0 Å².